The standard InChI is InChI=1S/C21H21BFN5O3S/c1-2-31-21(30)17-15-10-27(11-16(24)29)6-7-28(15)19(20-25-5-8-32-20)26-18(17)13-4-3-12(23)9-14(13)22/h3-5,8-9,18H,2,6-7,10-11H2,1H3,(H2,24,29). The van der Waals surface area contributed by atoms with Gasteiger partial charge in [0.25, 0.3) is 0 Å². The Kier molecular flexibility index (Phi) is 6.38. The third-order valence-electron chi connectivity index (χ3n) is 5.27. The second-order valence-corrected chi connectivity index (χ2v) is 8.27. The molecule has 4 rings (SSSR count). The zero-order chi connectivity index (χ0) is 22.8. The SMILES string of the molecule is [B]c1cc(F)ccc1C1N=C(c2nccs2)N2CCN(CC(N)=O)CC2=C1C(=O)OCC. The fraction of sp³-hybridized carbons (Fsp3) is 0.333. The number of hydrogen-bond donors (Lipinski definition) is 1. The lowest BCUT2D eigenvalue weighted by Crippen LogP contribution is -2.52. The number of thiazole rings is 1. The fourth-order valence-corrected chi connectivity index (χ4v) is 4.59. The average Bonchev–Trinajstić information content (AvgIpc) is 3.27. The molecule has 0 bridgehead atoms. The van der Waals surface area contributed by atoms with Gasteiger partial charge in [-0.2, -0.15) is 0 Å². The molecule has 0 aliphatic carbocycles. The monoisotopic (exact) mass is 453 g/mol. The Labute approximate surface area is 190 Å². The molecular formula is C21H21BFN5O3S. The third kappa shape index (κ3) is 4.30. The number of carbonyl (C=O) groups is 2. The van der Waals surface area contributed by atoms with E-state index in [9.17, 15) is 14.0 Å². The molecule has 2 aliphatic heterocycles. The molecule has 32 heavy (non-hydrogen) atoms. The number of amides is 1. The molecule has 1 aromatic carbocycles. The summed E-state index contributed by atoms with van der Waals surface area (Å²) in [4.78, 5) is 37.7. The van der Waals surface area contributed by atoms with Crippen molar-refractivity contribution in [2.45, 2.75) is 13.0 Å². The van der Waals surface area contributed by atoms with Crippen LogP contribution in [0, 0.1) is 5.82 Å². The van der Waals surface area contributed by atoms with E-state index in [2.05, 4.69) is 4.98 Å². The first-order chi connectivity index (χ1) is 15.4. The van der Waals surface area contributed by atoms with Crippen molar-refractivity contribution in [1.82, 2.24) is 14.8 Å². The zero-order valence-electron chi connectivity index (χ0n) is 17.5. The van der Waals surface area contributed by atoms with E-state index in [1.807, 2.05) is 15.2 Å². The Hall–Kier alpha value is -3.05. The van der Waals surface area contributed by atoms with Crippen molar-refractivity contribution < 1.29 is 18.7 Å². The molecule has 1 saturated heterocycles. The summed E-state index contributed by atoms with van der Waals surface area (Å²) >= 11 is 1.42. The van der Waals surface area contributed by atoms with E-state index < -0.39 is 23.7 Å². The van der Waals surface area contributed by atoms with E-state index in [1.165, 1.54) is 29.5 Å². The van der Waals surface area contributed by atoms with Crippen LogP contribution in [-0.4, -0.2) is 73.1 Å². The second-order valence-electron chi connectivity index (χ2n) is 7.38. The number of ether oxygens (including phenoxy) is 1. The number of nitrogens with two attached hydrogens (primary N) is 1. The zero-order valence-corrected chi connectivity index (χ0v) is 18.3. The summed E-state index contributed by atoms with van der Waals surface area (Å²) in [5.41, 5.74) is 7.02. The molecule has 11 heteroatoms. The van der Waals surface area contributed by atoms with Crippen LogP contribution in [0.5, 0.6) is 0 Å². The minimum absolute atomic E-state index is 0.0561. The predicted molar refractivity (Wildman–Crippen MR) is 119 cm³/mol. The molecule has 164 valence electrons. The number of halogens is 1. The molecule has 1 aromatic heterocycles. The summed E-state index contributed by atoms with van der Waals surface area (Å²) in [6.45, 7) is 3.27. The largest absolute Gasteiger partial charge is 0.463 e. The topological polar surface area (TPSA) is 101 Å². The van der Waals surface area contributed by atoms with Crippen molar-refractivity contribution in [1.29, 1.82) is 0 Å². The van der Waals surface area contributed by atoms with E-state index in [1.54, 1.807) is 13.1 Å². The predicted octanol–water partition coefficient (Wildman–Crippen LogP) is 0.498. The van der Waals surface area contributed by atoms with Crippen LogP contribution in [0.4, 0.5) is 4.39 Å². The number of aliphatic imine (C=N–C) groups is 1. The number of piperazine rings is 1. The third-order valence-corrected chi connectivity index (χ3v) is 6.04. The van der Waals surface area contributed by atoms with Crippen LogP contribution < -0.4 is 11.2 Å². The number of aromatic nitrogens is 1. The number of amidine groups is 1. The summed E-state index contributed by atoms with van der Waals surface area (Å²) in [5.74, 6) is -0.885. The number of benzene rings is 1. The fourth-order valence-electron chi connectivity index (χ4n) is 3.95. The molecule has 2 aromatic rings. The van der Waals surface area contributed by atoms with Crippen LogP contribution >= 0.6 is 11.3 Å². The first-order valence-electron chi connectivity index (χ1n) is 10.1. The molecule has 3 heterocycles. The van der Waals surface area contributed by atoms with Gasteiger partial charge in [-0.1, -0.05) is 11.5 Å². The quantitative estimate of drug-likeness (QED) is 0.505. The summed E-state index contributed by atoms with van der Waals surface area (Å²) in [7, 11) is 6.13. The first kappa shape index (κ1) is 22.2. The van der Waals surface area contributed by atoms with Crippen LogP contribution in [0.1, 0.15) is 23.5 Å². The number of fused-ring (bicyclic) bond motifs is 1. The van der Waals surface area contributed by atoms with E-state index in [-0.39, 0.29) is 18.6 Å². The van der Waals surface area contributed by atoms with Crippen molar-refractivity contribution in [2.75, 3.05) is 32.8 Å². The number of primary amides is 1. The first-order valence-corrected chi connectivity index (χ1v) is 11.0. The number of nitrogens with zero attached hydrogens (tertiary/aromatic N) is 4. The van der Waals surface area contributed by atoms with Crippen LogP contribution in [0.15, 0.2) is 46.0 Å². The van der Waals surface area contributed by atoms with Crippen molar-refractivity contribution in [3.63, 3.8) is 0 Å². The van der Waals surface area contributed by atoms with Crippen molar-refractivity contribution in [2.24, 2.45) is 10.7 Å². The molecule has 1 amide bonds. The lowest BCUT2D eigenvalue weighted by molar-refractivity contribution is -0.139. The van der Waals surface area contributed by atoms with Crippen molar-refractivity contribution in [3.05, 3.63) is 57.4 Å². The smallest absolute Gasteiger partial charge is 0.338 e. The molecule has 2 radical (unpaired) electrons. The van der Waals surface area contributed by atoms with Gasteiger partial charge >= 0.3 is 5.97 Å². The van der Waals surface area contributed by atoms with Gasteiger partial charge in [-0.15, -0.1) is 11.3 Å². The normalized spacial score (nSPS) is 18.9. The molecule has 0 saturated carbocycles. The highest BCUT2D eigenvalue weighted by Crippen LogP contribution is 2.37. The highest BCUT2D eigenvalue weighted by Gasteiger charge is 2.40. The van der Waals surface area contributed by atoms with Gasteiger partial charge < -0.3 is 15.4 Å². The van der Waals surface area contributed by atoms with Crippen LogP contribution in [0.2, 0.25) is 0 Å². The Morgan fingerprint density at radius 2 is 2.19 bits per heavy atom. The lowest BCUT2D eigenvalue weighted by Gasteiger charge is -2.42. The molecule has 2 aliphatic rings. The maximum absolute atomic E-state index is 13.7. The Morgan fingerprint density at radius 3 is 2.84 bits per heavy atom. The summed E-state index contributed by atoms with van der Waals surface area (Å²) in [6, 6.07) is 3.20. The summed E-state index contributed by atoms with van der Waals surface area (Å²) < 4.78 is 19.1. The van der Waals surface area contributed by atoms with Crippen molar-refractivity contribution in [3.8, 4) is 0 Å². The van der Waals surface area contributed by atoms with E-state index in [0.29, 0.717) is 47.3 Å². The Balaban J connectivity index is 1.89. The lowest BCUT2D eigenvalue weighted by atomic mass is 9.83. The molecule has 0 spiro atoms. The minimum atomic E-state index is -0.812. The van der Waals surface area contributed by atoms with Gasteiger partial charge in [-0.25, -0.2) is 14.2 Å². The van der Waals surface area contributed by atoms with E-state index in [4.69, 9.17) is 23.3 Å². The number of hydrogen-bond acceptors (Lipinski definition) is 8. The average molecular weight is 453 g/mol. The highest BCUT2D eigenvalue weighted by molar-refractivity contribution is 7.11. The summed E-state index contributed by atoms with van der Waals surface area (Å²) in [5, 5.41) is 2.52. The minimum Gasteiger partial charge on any atom is -0.463 e. The molecule has 1 unspecified atom stereocenters. The number of esters is 1. The maximum Gasteiger partial charge on any atom is 0.338 e. The molecular weight excluding hydrogens is 432 g/mol. The van der Waals surface area contributed by atoms with Crippen LogP contribution in [-0.2, 0) is 14.3 Å². The van der Waals surface area contributed by atoms with Gasteiger partial charge in [0.2, 0.25) is 5.91 Å². The van der Waals surface area contributed by atoms with Gasteiger partial charge in [-0.05, 0) is 24.6 Å². The van der Waals surface area contributed by atoms with E-state index in [0.717, 1.165) is 0 Å². The van der Waals surface area contributed by atoms with E-state index >= 15 is 0 Å². The molecule has 2 N–H and O–H groups in total. The van der Waals surface area contributed by atoms with Crippen LogP contribution in [0.25, 0.3) is 0 Å². The van der Waals surface area contributed by atoms with Gasteiger partial charge in [0.1, 0.15) is 19.7 Å². The maximum atomic E-state index is 13.7. The molecule has 8 nitrogen and oxygen atoms in total. The Bertz CT molecular complexity index is 1100. The highest BCUT2D eigenvalue weighted by atomic mass is 32.1. The van der Waals surface area contributed by atoms with Crippen LogP contribution in [0.3, 0.4) is 0 Å². The van der Waals surface area contributed by atoms with Gasteiger partial charge in [-0.3, -0.25) is 14.7 Å². The van der Waals surface area contributed by atoms with Gasteiger partial charge in [0, 0.05) is 36.9 Å². The number of rotatable bonds is 6. The van der Waals surface area contributed by atoms with Gasteiger partial charge in [0.05, 0.1) is 18.7 Å². The summed E-state index contributed by atoms with van der Waals surface area (Å²) in [6.07, 6.45) is 1.68. The molecule has 1 fully saturated rings. The van der Waals surface area contributed by atoms with Crippen molar-refractivity contribution >= 4 is 42.4 Å². The molecule has 1 atom stereocenters. The second kappa shape index (κ2) is 9.21. The number of carbonyl (C=O) groups excluding carboxylic acids is 2. The van der Waals surface area contributed by atoms with Gasteiger partial charge in [0.15, 0.2) is 10.8 Å². The Morgan fingerprint density at radius 1 is 1.38 bits per heavy atom.